The second kappa shape index (κ2) is 2.86. The van der Waals surface area contributed by atoms with Crippen LogP contribution >= 0.6 is 0 Å². The zero-order valence-corrected chi connectivity index (χ0v) is 6.61. The summed E-state index contributed by atoms with van der Waals surface area (Å²) in [5.41, 5.74) is 3.24. The van der Waals surface area contributed by atoms with Crippen LogP contribution in [0.1, 0.15) is 11.3 Å². The highest BCUT2D eigenvalue weighted by atomic mass is 19.4. The van der Waals surface area contributed by atoms with E-state index in [1.165, 1.54) is 0 Å². The summed E-state index contributed by atoms with van der Waals surface area (Å²) in [4.78, 5) is 3.32. The summed E-state index contributed by atoms with van der Waals surface area (Å²) in [5, 5.41) is 0. The van der Waals surface area contributed by atoms with Crippen LogP contribution in [0.4, 0.5) is 23.4 Å². The lowest BCUT2D eigenvalue weighted by Crippen LogP contribution is -2.12. The van der Waals surface area contributed by atoms with Crippen LogP contribution in [0, 0.1) is 12.7 Å². The van der Waals surface area contributed by atoms with E-state index in [1.807, 2.05) is 0 Å². The van der Waals surface area contributed by atoms with E-state index in [4.69, 9.17) is 5.73 Å². The number of anilines is 1. The highest BCUT2D eigenvalue weighted by Crippen LogP contribution is 2.33. The van der Waals surface area contributed by atoms with E-state index in [0.717, 1.165) is 6.92 Å². The van der Waals surface area contributed by atoms with Gasteiger partial charge in [-0.15, -0.1) is 0 Å². The molecule has 1 heterocycles. The molecule has 72 valence electrons. The fraction of sp³-hybridized carbons (Fsp3) is 0.286. The number of alkyl halides is 3. The van der Waals surface area contributed by atoms with Gasteiger partial charge in [-0.3, -0.25) is 0 Å². The van der Waals surface area contributed by atoms with Gasteiger partial charge in [-0.05, 0) is 6.92 Å². The maximum Gasteiger partial charge on any atom is 0.420 e. The normalized spacial score (nSPS) is 11.8. The van der Waals surface area contributed by atoms with Crippen molar-refractivity contribution >= 4 is 5.82 Å². The zero-order chi connectivity index (χ0) is 10.2. The molecule has 0 atom stereocenters. The Morgan fingerprint density at radius 3 is 2.31 bits per heavy atom. The first-order valence-electron chi connectivity index (χ1n) is 3.32. The Bertz CT molecular complexity index is 309. The minimum Gasteiger partial charge on any atom is -0.384 e. The summed E-state index contributed by atoms with van der Waals surface area (Å²) in [5.74, 6) is -1.65. The van der Waals surface area contributed by atoms with Crippen LogP contribution in [-0.4, -0.2) is 4.98 Å². The van der Waals surface area contributed by atoms with E-state index < -0.39 is 23.3 Å². The zero-order valence-electron chi connectivity index (χ0n) is 6.61. The summed E-state index contributed by atoms with van der Waals surface area (Å²) in [6.45, 7) is 1.06. The molecule has 1 aromatic rings. The van der Waals surface area contributed by atoms with E-state index >= 15 is 0 Å². The number of hydrogen-bond acceptors (Lipinski definition) is 2. The average Bonchev–Trinajstić information content (AvgIpc) is 1.78. The second-order valence-corrected chi connectivity index (χ2v) is 2.49. The van der Waals surface area contributed by atoms with Crippen LogP contribution in [0.5, 0.6) is 0 Å². The second-order valence-electron chi connectivity index (χ2n) is 2.49. The highest BCUT2D eigenvalue weighted by molar-refractivity contribution is 5.36. The van der Waals surface area contributed by atoms with Crippen molar-refractivity contribution < 1.29 is 17.6 Å². The Labute approximate surface area is 71.4 Å². The van der Waals surface area contributed by atoms with Crippen molar-refractivity contribution in [2.45, 2.75) is 13.1 Å². The van der Waals surface area contributed by atoms with Crippen molar-refractivity contribution in [2.75, 3.05) is 5.73 Å². The fourth-order valence-electron chi connectivity index (χ4n) is 0.997. The van der Waals surface area contributed by atoms with Gasteiger partial charge in [-0.1, -0.05) is 0 Å². The van der Waals surface area contributed by atoms with Crippen LogP contribution in [0.3, 0.4) is 0 Å². The third-order valence-electron chi connectivity index (χ3n) is 1.46. The lowest BCUT2D eigenvalue weighted by Gasteiger charge is -2.10. The summed E-state index contributed by atoms with van der Waals surface area (Å²) in [7, 11) is 0. The molecule has 0 saturated carbocycles. The number of aryl methyl sites for hydroxylation is 1. The topological polar surface area (TPSA) is 38.9 Å². The monoisotopic (exact) mass is 194 g/mol. The van der Waals surface area contributed by atoms with Crippen LogP contribution in [-0.2, 0) is 6.18 Å². The number of hydrogen-bond donors (Lipinski definition) is 1. The quantitative estimate of drug-likeness (QED) is 0.642. The molecule has 2 N–H and O–H groups in total. The van der Waals surface area contributed by atoms with Gasteiger partial charge in [-0.2, -0.15) is 13.2 Å². The molecular formula is C7H6F4N2. The van der Waals surface area contributed by atoms with Crippen LogP contribution in [0.2, 0.25) is 0 Å². The number of nitrogens with zero attached hydrogens (tertiary/aromatic N) is 1. The van der Waals surface area contributed by atoms with Crippen LogP contribution in [0.15, 0.2) is 6.07 Å². The van der Waals surface area contributed by atoms with E-state index in [2.05, 4.69) is 4.98 Å². The van der Waals surface area contributed by atoms with Crippen LogP contribution in [0.25, 0.3) is 0 Å². The van der Waals surface area contributed by atoms with Gasteiger partial charge in [-0.25, -0.2) is 9.37 Å². The van der Waals surface area contributed by atoms with E-state index in [1.54, 1.807) is 0 Å². The average molecular weight is 194 g/mol. The predicted molar refractivity (Wildman–Crippen MR) is 38.3 cm³/mol. The number of halogens is 4. The van der Waals surface area contributed by atoms with Crippen molar-refractivity contribution in [3.63, 3.8) is 0 Å². The molecule has 2 nitrogen and oxygen atoms in total. The molecule has 0 aliphatic heterocycles. The van der Waals surface area contributed by atoms with Gasteiger partial charge in [0.15, 0.2) is 0 Å². The Balaban J connectivity index is 3.38. The summed E-state index contributed by atoms with van der Waals surface area (Å²) >= 11 is 0. The van der Waals surface area contributed by atoms with Gasteiger partial charge < -0.3 is 5.73 Å². The van der Waals surface area contributed by atoms with Crippen molar-refractivity contribution in [1.29, 1.82) is 0 Å². The fourth-order valence-corrected chi connectivity index (χ4v) is 0.997. The van der Waals surface area contributed by atoms with E-state index in [0.29, 0.717) is 6.07 Å². The first-order valence-corrected chi connectivity index (χ1v) is 3.32. The Hall–Kier alpha value is -1.33. The first-order chi connectivity index (χ1) is 5.82. The molecule has 0 saturated heterocycles. The molecule has 1 aromatic heterocycles. The molecule has 1 rings (SSSR count). The number of nitrogens with two attached hydrogens (primary N) is 1. The molecule has 0 aromatic carbocycles. The van der Waals surface area contributed by atoms with Gasteiger partial charge in [0.1, 0.15) is 17.2 Å². The molecule has 0 aliphatic rings. The SMILES string of the molecule is Cc1nc(N)cc(F)c1C(F)(F)F. The van der Waals surface area contributed by atoms with Gasteiger partial charge in [0.05, 0.1) is 5.69 Å². The smallest absolute Gasteiger partial charge is 0.384 e. The molecule has 0 bridgehead atoms. The third-order valence-corrected chi connectivity index (χ3v) is 1.46. The number of pyridine rings is 1. The van der Waals surface area contributed by atoms with Gasteiger partial charge in [0.2, 0.25) is 0 Å². The minimum absolute atomic E-state index is 0.261. The first kappa shape index (κ1) is 9.76. The summed E-state index contributed by atoms with van der Waals surface area (Å²) < 4.78 is 49.1. The summed E-state index contributed by atoms with van der Waals surface area (Å²) in [6, 6.07) is 0.551. The molecule has 0 spiro atoms. The van der Waals surface area contributed by atoms with Crippen molar-refractivity contribution in [2.24, 2.45) is 0 Å². The number of nitrogen functional groups attached to an aromatic ring is 1. The molecule has 0 radical (unpaired) electrons. The van der Waals surface area contributed by atoms with Gasteiger partial charge in [0, 0.05) is 6.07 Å². The maximum atomic E-state index is 12.8. The lowest BCUT2D eigenvalue weighted by molar-refractivity contribution is -0.140. The Morgan fingerprint density at radius 2 is 1.92 bits per heavy atom. The van der Waals surface area contributed by atoms with Gasteiger partial charge in [0.25, 0.3) is 0 Å². The molecule has 0 unspecified atom stereocenters. The Morgan fingerprint density at radius 1 is 1.38 bits per heavy atom. The van der Waals surface area contributed by atoms with Crippen LogP contribution < -0.4 is 5.73 Å². The molecule has 0 amide bonds. The number of aromatic nitrogens is 1. The van der Waals surface area contributed by atoms with E-state index in [9.17, 15) is 17.6 Å². The predicted octanol–water partition coefficient (Wildman–Crippen LogP) is 2.13. The Kier molecular flexibility index (Phi) is 2.15. The van der Waals surface area contributed by atoms with Crippen molar-refractivity contribution in [3.05, 3.63) is 23.1 Å². The molecule has 0 fully saturated rings. The highest BCUT2D eigenvalue weighted by Gasteiger charge is 2.36. The standard InChI is InChI=1S/C7H6F4N2/c1-3-6(7(9,10)11)4(8)2-5(12)13-3/h2H,1H3,(H2,12,13). The third kappa shape index (κ3) is 1.88. The van der Waals surface area contributed by atoms with Gasteiger partial charge >= 0.3 is 6.18 Å². The largest absolute Gasteiger partial charge is 0.420 e. The molecular weight excluding hydrogens is 188 g/mol. The molecule has 6 heteroatoms. The minimum atomic E-state index is -4.73. The van der Waals surface area contributed by atoms with Crippen molar-refractivity contribution in [1.82, 2.24) is 4.98 Å². The maximum absolute atomic E-state index is 12.8. The van der Waals surface area contributed by atoms with Crippen molar-refractivity contribution in [3.8, 4) is 0 Å². The number of rotatable bonds is 0. The summed E-state index contributed by atoms with van der Waals surface area (Å²) in [6.07, 6.45) is -4.73. The molecule has 13 heavy (non-hydrogen) atoms. The molecule has 0 aliphatic carbocycles. The van der Waals surface area contributed by atoms with E-state index in [-0.39, 0.29) is 5.82 Å². The lowest BCUT2D eigenvalue weighted by atomic mass is 10.2.